The molecule has 0 bridgehead atoms. The minimum absolute atomic E-state index is 0.233. The molecule has 0 atom stereocenters. The Hall–Kier alpha value is -0.260. The van der Waals surface area contributed by atoms with Crippen LogP contribution in [0.4, 0.5) is 5.69 Å². The van der Waals surface area contributed by atoms with Crippen LogP contribution in [0.25, 0.3) is 0 Å². The highest BCUT2D eigenvalue weighted by Crippen LogP contribution is 2.29. The van der Waals surface area contributed by atoms with Crippen molar-refractivity contribution in [1.82, 2.24) is 0 Å². The van der Waals surface area contributed by atoms with Gasteiger partial charge in [-0.05, 0) is 33.6 Å². The number of sulfone groups is 1. The molecule has 0 radical (unpaired) electrons. The highest BCUT2D eigenvalue weighted by atomic mass is 79.9. The predicted octanol–water partition coefficient (Wildman–Crippen LogP) is 2.42. The molecular weight excluding hydrogens is 326 g/mol. The van der Waals surface area contributed by atoms with Crippen molar-refractivity contribution in [2.24, 2.45) is 0 Å². The third kappa shape index (κ3) is 3.14. The van der Waals surface area contributed by atoms with Gasteiger partial charge < -0.3 is 4.90 Å². The van der Waals surface area contributed by atoms with Crippen LogP contribution in [0.15, 0.2) is 22.7 Å². The van der Waals surface area contributed by atoms with Crippen molar-refractivity contribution in [2.75, 3.05) is 29.5 Å². The maximum atomic E-state index is 11.4. The van der Waals surface area contributed by atoms with Gasteiger partial charge in [0.25, 0.3) is 0 Å². The fourth-order valence-corrected chi connectivity index (χ4v) is 3.89. The lowest BCUT2D eigenvalue weighted by atomic mass is 10.2. The smallest absolute Gasteiger partial charge is 0.153 e. The quantitative estimate of drug-likeness (QED) is 0.777. The van der Waals surface area contributed by atoms with Gasteiger partial charge >= 0.3 is 0 Å². The third-order valence-corrected chi connectivity index (χ3v) is 5.40. The Morgan fingerprint density at radius 3 is 2.47 bits per heavy atom. The molecule has 1 aromatic carbocycles. The van der Waals surface area contributed by atoms with E-state index in [9.17, 15) is 8.42 Å². The molecule has 6 heteroatoms. The van der Waals surface area contributed by atoms with E-state index in [4.69, 9.17) is 11.6 Å². The summed E-state index contributed by atoms with van der Waals surface area (Å²) in [5.74, 6) is 0.945. The lowest BCUT2D eigenvalue weighted by Gasteiger charge is -2.29. The van der Waals surface area contributed by atoms with Crippen molar-refractivity contribution < 1.29 is 8.42 Å². The minimum atomic E-state index is -2.83. The second kappa shape index (κ2) is 5.16. The minimum Gasteiger partial charge on any atom is -0.369 e. The van der Waals surface area contributed by atoms with Crippen molar-refractivity contribution in [1.29, 1.82) is 0 Å². The Labute approximate surface area is 115 Å². The summed E-state index contributed by atoms with van der Waals surface area (Å²) in [6.45, 7) is 1.11. The van der Waals surface area contributed by atoms with Crippen molar-refractivity contribution in [2.45, 2.75) is 5.88 Å². The summed E-state index contributed by atoms with van der Waals surface area (Å²) < 4.78 is 23.7. The Kier molecular flexibility index (Phi) is 4.00. The average Bonchev–Trinajstić information content (AvgIpc) is 2.29. The predicted molar refractivity (Wildman–Crippen MR) is 74.6 cm³/mol. The standard InChI is InChI=1S/C11H13BrClNO2S/c12-10-7-9(8-13)1-2-11(10)14-3-5-17(15,16)6-4-14/h1-2,7H,3-6,8H2. The monoisotopic (exact) mass is 337 g/mol. The molecule has 2 rings (SSSR count). The molecule has 1 aromatic rings. The molecule has 17 heavy (non-hydrogen) atoms. The molecule has 94 valence electrons. The molecule has 0 saturated carbocycles. The maximum Gasteiger partial charge on any atom is 0.153 e. The van der Waals surface area contributed by atoms with Crippen LogP contribution in [-0.4, -0.2) is 33.0 Å². The van der Waals surface area contributed by atoms with Gasteiger partial charge in [-0.1, -0.05) is 6.07 Å². The van der Waals surface area contributed by atoms with Gasteiger partial charge in [0, 0.05) is 23.4 Å². The van der Waals surface area contributed by atoms with Crippen molar-refractivity contribution >= 4 is 43.1 Å². The number of benzene rings is 1. The molecule has 1 heterocycles. The Balaban J connectivity index is 2.19. The van der Waals surface area contributed by atoms with Crippen LogP contribution >= 0.6 is 27.5 Å². The molecule has 1 aliphatic heterocycles. The third-order valence-electron chi connectivity index (χ3n) is 2.85. The molecular formula is C11H13BrClNO2S. The number of rotatable bonds is 2. The van der Waals surface area contributed by atoms with Gasteiger partial charge in [-0.15, -0.1) is 11.6 Å². The first kappa shape index (κ1) is 13.2. The number of hydrogen-bond donors (Lipinski definition) is 0. The zero-order valence-electron chi connectivity index (χ0n) is 9.20. The van der Waals surface area contributed by atoms with Gasteiger partial charge in [-0.25, -0.2) is 8.42 Å². The zero-order chi connectivity index (χ0) is 12.5. The first-order valence-electron chi connectivity index (χ1n) is 5.31. The molecule has 3 nitrogen and oxygen atoms in total. The number of nitrogens with zero attached hydrogens (tertiary/aromatic N) is 1. The fourth-order valence-electron chi connectivity index (χ4n) is 1.84. The van der Waals surface area contributed by atoms with Crippen LogP contribution in [0.2, 0.25) is 0 Å². The van der Waals surface area contributed by atoms with Crippen LogP contribution < -0.4 is 4.90 Å². The lowest BCUT2D eigenvalue weighted by Crippen LogP contribution is -2.40. The molecule has 1 saturated heterocycles. The second-order valence-electron chi connectivity index (χ2n) is 4.06. The van der Waals surface area contributed by atoms with Gasteiger partial charge in [0.15, 0.2) is 9.84 Å². The van der Waals surface area contributed by atoms with E-state index in [1.807, 2.05) is 18.2 Å². The summed E-state index contributed by atoms with van der Waals surface area (Å²) in [7, 11) is -2.83. The summed E-state index contributed by atoms with van der Waals surface area (Å²) in [5, 5.41) is 0. The normalized spacial score (nSPS) is 19.3. The highest BCUT2D eigenvalue weighted by molar-refractivity contribution is 9.10. The Morgan fingerprint density at radius 2 is 1.94 bits per heavy atom. The average molecular weight is 339 g/mol. The number of anilines is 1. The van der Waals surface area contributed by atoms with Crippen LogP contribution in [0.5, 0.6) is 0 Å². The zero-order valence-corrected chi connectivity index (χ0v) is 12.4. The molecule has 0 unspecified atom stereocenters. The van der Waals surface area contributed by atoms with Crippen molar-refractivity contribution in [3.8, 4) is 0 Å². The van der Waals surface area contributed by atoms with Gasteiger partial charge in [0.2, 0.25) is 0 Å². The van der Waals surface area contributed by atoms with Gasteiger partial charge in [0.1, 0.15) is 0 Å². The summed E-state index contributed by atoms with van der Waals surface area (Å²) in [6.07, 6.45) is 0. The molecule has 0 aromatic heterocycles. The maximum absolute atomic E-state index is 11.4. The molecule has 0 spiro atoms. The second-order valence-corrected chi connectivity index (χ2v) is 7.48. The van der Waals surface area contributed by atoms with E-state index in [0.29, 0.717) is 19.0 Å². The van der Waals surface area contributed by atoms with E-state index in [2.05, 4.69) is 20.8 Å². The number of hydrogen-bond acceptors (Lipinski definition) is 3. The first-order valence-corrected chi connectivity index (χ1v) is 8.46. The lowest BCUT2D eigenvalue weighted by molar-refractivity contribution is 0.586. The molecule has 1 aliphatic rings. The van der Waals surface area contributed by atoms with Gasteiger partial charge in [-0.2, -0.15) is 0 Å². The molecule has 0 N–H and O–H groups in total. The number of alkyl halides is 1. The van der Waals surface area contributed by atoms with Crippen LogP contribution in [0.1, 0.15) is 5.56 Å². The van der Waals surface area contributed by atoms with E-state index in [-0.39, 0.29) is 11.5 Å². The number of halogens is 2. The Morgan fingerprint density at radius 1 is 1.29 bits per heavy atom. The first-order chi connectivity index (χ1) is 8.02. The van der Waals surface area contributed by atoms with Crippen molar-refractivity contribution in [3.05, 3.63) is 28.2 Å². The van der Waals surface area contributed by atoms with Gasteiger partial charge in [-0.3, -0.25) is 0 Å². The highest BCUT2D eigenvalue weighted by Gasteiger charge is 2.22. The van der Waals surface area contributed by atoms with Crippen LogP contribution in [-0.2, 0) is 15.7 Å². The van der Waals surface area contributed by atoms with E-state index in [1.165, 1.54) is 0 Å². The SMILES string of the molecule is O=S1(=O)CCN(c2ccc(CCl)cc2Br)CC1. The van der Waals surface area contributed by atoms with E-state index in [1.54, 1.807) is 0 Å². The van der Waals surface area contributed by atoms with E-state index in [0.717, 1.165) is 15.7 Å². The largest absolute Gasteiger partial charge is 0.369 e. The Bertz CT molecular complexity index is 504. The summed E-state index contributed by atoms with van der Waals surface area (Å²) >= 11 is 9.26. The van der Waals surface area contributed by atoms with Crippen molar-refractivity contribution in [3.63, 3.8) is 0 Å². The molecule has 0 aliphatic carbocycles. The molecule has 0 amide bonds. The topological polar surface area (TPSA) is 37.4 Å². The molecule has 1 fully saturated rings. The fraction of sp³-hybridized carbons (Fsp3) is 0.455. The van der Waals surface area contributed by atoms with E-state index < -0.39 is 9.84 Å². The summed E-state index contributed by atoms with van der Waals surface area (Å²) in [6, 6.07) is 5.93. The van der Waals surface area contributed by atoms with Gasteiger partial charge in [0.05, 0.1) is 17.2 Å². The van der Waals surface area contributed by atoms with E-state index >= 15 is 0 Å². The van der Waals surface area contributed by atoms with Crippen LogP contribution in [0, 0.1) is 0 Å². The van der Waals surface area contributed by atoms with Crippen LogP contribution in [0.3, 0.4) is 0 Å². The summed E-state index contributed by atoms with van der Waals surface area (Å²) in [4.78, 5) is 2.09. The summed E-state index contributed by atoms with van der Waals surface area (Å²) in [5.41, 5.74) is 2.08.